The summed E-state index contributed by atoms with van der Waals surface area (Å²) in [6.07, 6.45) is 6.30. The van der Waals surface area contributed by atoms with Crippen LogP contribution in [0.15, 0.2) is 53.8 Å². The number of hydrogen-bond donors (Lipinski definition) is 2. The van der Waals surface area contributed by atoms with Crippen LogP contribution in [0, 0.1) is 5.82 Å². The van der Waals surface area contributed by atoms with E-state index in [0.717, 1.165) is 44.1 Å². The lowest BCUT2D eigenvalue weighted by molar-refractivity contribution is 0.585. The molecule has 0 atom stereocenters. The average molecular weight is 526 g/mol. The van der Waals surface area contributed by atoms with E-state index < -0.39 is 11.4 Å². The van der Waals surface area contributed by atoms with E-state index in [1.807, 2.05) is 12.1 Å². The van der Waals surface area contributed by atoms with Crippen molar-refractivity contribution in [1.82, 2.24) is 34.2 Å². The van der Waals surface area contributed by atoms with Gasteiger partial charge in [0.1, 0.15) is 17.0 Å². The quantitative estimate of drug-likeness (QED) is 0.367. The molecule has 10 nitrogen and oxygen atoms in total. The molecule has 0 amide bonds. The predicted octanol–water partition coefficient (Wildman–Crippen LogP) is 3.42. The molecule has 1 saturated heterocycles. The smallest absolute Gasteiger partial charge is 0.270 e. The molecule has 0 bridgehead atoms. The van der Waals surface area contributed by atoms with E-state index >= 15 is 0 Å². The Morgan fingerprint density at radius 1 is 1.03 bits per heavy atom. The normalized spacial score (nSPS) is 14.0. The maximum absolute atomic E-state index is 13.8. The molecule has 6 rings (SSSR count). The first kappa shape index (κ1) is 22.7. The third-order valence-electron chi connectivity index (χ3n) is 5.90. The first-order chi connectivity index (χ1) is 17.5. The fourth-order valence-corrected chi connectivity index (χ4v) is 4.85. The minimum atomic E-state index is -0.614. The van der Waals surface area contributed by atoms with Crippen molar-refractivity contribution < 1.29 is 4.39 Å². The van der Waals surface area contributed by atoms with Crippen LogP contribution in [0.2, 0.25) is 10.0 Å². The number of halogens is 3. The number of benzene rings is 1. The Kier molecular flexibility index (Phi) is 5.67. The number of rotatable bonds is 4. The zero-order valence-corrected chi connectivity index (χ0v) is 20.1. The van der Waals surface area contributed by atoms with Crippen molar-refractivity contribution in [3.63, 3.8) is 0 Å². The van der Waals surface area contributed by atoms with Crippen LogP contribution in [-0.4, -0.2) is 55.1 Å². The van der Waals surface area contributed by atoms with Gasteiger partial charge in [-0.25, -0.2) is 23.9 Å². The summed E-state index contributed by atoms with van der Waals surface area (Å²) in [5.41, 5.74) is 0.669. The molecule has 0 saturated carbocycles. The summed E-state index contributed by atoms with van der Waals surface area (Å²) in [5, 5.41) is 6.60. The standard InChI is InChI=1S/C23H18Cl2FN9O/c24-16-9-13(26)10-17(25)19(16)35-21(36)15-12-30-22(32-20(15)34-8-5-28-23(34)35)31-14-1-2-18(29-11-14)33-6-3-27-4-7-33/h1-2,5,8-12,27H,3-4,6-7H2,(H,30,31,32). The van der Waals surface area contributed by atoms with Gasteiger partial charge in [0.05, 0.1) is 27.6 Å². The van der Waals surface area contributed by atoms with Crippen molar-refractivity contribution >= 4 is 57.5 Å². The molecule has 182 valence electrons. The van der Waals surface area contributed by atoms with Crippen molar-refractivity contribution in [2.45, 2.75) is 0 Å². The molecule has 2 N–H and O–H groups in total. The van der Waals surface area contributed by atoms with Gasteiger partial charge >= 0.3 is 0 Å². The van der Waals surface area contributed by atoms with Crippen molar-refractivity contribution in [3.05, 3.63) is 75.3 Å². The van der Waals surface area contributed by atoms with Crippen LogP contribution in [0.1, 0.15) is 0 Å². The number of imidazole rings is 1. The number of nitrogens with zero attached hydrogens (tertiary/aromatic N) is 7. The van der Waals surface area contributed by atoms with Crippen LogP contribution in [0.4, 0.5) is 21.8 Å². The number of aromatic nitrogens is 6. The highest BCUT2D eigenvalue weighted by Crippen LogP contribution is 2.30. The Morgan fingerprint density at radius 3 is 2.53 bits per heavy atom. The summed E-state index contributed by atoms with van der Waals surface area (Å²) in [6.45, 7) is 3.66. The van der Waals surface area contributed by atoms with E-state index in [-0.39, 0.29) is 32.8 Å². The molecule has 13 heteroatoms. The van der Waals surface area contributed by atoms with Gasteiger partial charge in [0.25, 0.3) is 5.56 Å². The molecule has 1 aliphatic rings. The number of fused-ring (bicyclic) bond motifs is 3. The maximum atomic E-state index is 13.8. The molecule has 1 aliphatic heterocycles. The molecule has 0 radical (unpaired) electrons. The SMILES string of the molecule is O=c1c2cnc(Nc3ccc(N4CCNCC4)nc3)nc2n2ccnc2n1-c1c(Cl)cc(F)cc1Cl. The molecule has 0 aliphatic carbocycles. The molecule has 1 aromatic carbocycles. The van der Waals surface area contributed by atoms with Gasteiger partial charge in [-0.2, -0.15) is 4.98 Å². The highest BCUT2D eigenvalue weighted by molar-refractivity contribution is 6.37. The Labute approximate surface area is 213 Å². The van der Waals surface area contributed by atoms with Gasteiger partial charge in [-0.1, -0.05) is 23.2 Å². The van der Waals surface area contributed by atoms with Crippen molar-refractivity contribution in [1.29, 1.82) is 0 Å². The van der Waals surface area contributed by atoms with E-state index in [1.54, 1.807) is 16.8 Å². The van der Waals surface area contributed by atoms with Crippen molar-refractivity contribution in [2.75, 3.05) is 36.4 Å². The fraction of sp³-hybridized carbons (Fsp3) is 0.174. The van der Waals surface area contributed by atoms with E-state index in [1.165, 1.54) is 17.0 Å². The second kappa shape index (κ2) is 9.01. The molecule has 5 heterocycles. The number of pyridine rings is 1. The van der Waals surface area contributed by atoms with Crippen LogP contribution in [0.3, 0.4) is 0 Å². The monoisotopic (exact) mass is 525 g/mol. The van der Waals surface area contributed by atoms with Gasteiger partial charge in [-0.3, -0.25) is 9.20 Å². The molecule has 1 fully saturated rings. The number of anilines is 3. The van der Waals surface area contributed by atoms with Gasteiger partial charge in [-0.05, 0) is 24.3 Å². The lowest BCUT2D eigenvalue weighted by Gasteiger charge is -2.28. The van der Waals surface area contributed by atoms with E-state index in [9.17, 15) is 9.18 Å². The van der Waals surface area contributed by atoms with Gasteiger partial charge in [0.2, 0.25) is 11.7 Å². The lowest BCUT2D eigenvalue weighted by atomic mass is 10.3. The Balaban J connectivity index is 1.40. The third kappa shape index (κ3) is 3.91. The van der Waals surface area contributed by atoms with Gasteiger partial charge < -0.3 is 15.5 Å². The molecule has 0 unspecified atom stereocenters. The second-order valence-corrected chi connectivity index (χ2v) is 8.97. The van der Waals surface area contributed by atoms with Crippen molar-refractivity contribution in [3.8, 4) is 5.69 Å². The number of hydrogen-bond acceptors (Lipinski definition) is 8. The van der Waals surface area contributed by atoms with Gasteiger partial charge in [-0.15, -0.1) is 0 Å². The summed E-state index contributed by atoms with van der Waals surface area (Å²) < 4.78 is 16.6. The minimum Gasteiger partial charge on any atom is -0.354 e. The Morgan fingerprint density at radius 2 is 1.81 bits per heavy atom. The fourth-order valence-electron chi connectivity index (χ4n) is 4.22. The van der Waals surface area contributed by atoms with Crippen LogP contribution >= 0.6 is 23.2 Å². The predicted molar refractivity (Wildman–Crippen MR) is 136 cm³/mol. The summed E-state index contributed by atoms with van der Waals surface area (Å²) in [4.78, 5) is 33.4. The first-order valence-corrected chi connectivity index (χ1v) is 11.8. The van der Waals surface area contributed by atoms with E-state index in [0.29, 0.717) is 11.3 Å². The molecule has 36 heavy (non-hydrogen) atoms. The Hall–Kier alpha value is -3.80. The summed E-state index contributed by atoms with van der Waals surface area (Å²) in [6, 6.07) is 6.02. The molecule has 5 aromatic rings. The lowest BCUT2D eigenvalue weighted by Crippen LogP contribution is -2.43. The van der Waals surface area contributed by atoms with E-state index in [4.69, 9.17) is 23.2 Å². The van der Waals surface area contributed by atoms with E-state index in [2.05, 4.69) is 35.5 Å². The molecular weight excluding hydrogens is 508 g/mol. The summed E-state index contributed by atoms with van der Waals surface area (Å²) in [7, 11) is 0. The van der Waals surface area contributed by atoms with Crippen LogP contribution < -0.4 is 21.1 Å². The summed E-state index contributed by atoms with van der Waals surface area (Å²) >= 11 is 12.5. The van der Waals surface area contributed by atoms with Crippen LogP contribution in [0.25, 0.3) is 22.5 Å². The zero-order chi connectivity index (χ0) is 24.8. The molecular formula is C23H18Cl2FN9O. The van der Waals surface area contributed by atoms with Crippen LogP contribution in [0.5, 0.6) is 0 Å². The zero-order valence-electron chi connectivity index (χ0n) is 18.6. The highest BCUT2D eigenvalue weighted by atomic mass is 35.5. The number of nitrogens with one attached hydrogen (secondary N) is 2. The molecule has 0 spiro atoms. The maximum Gasteiger partial charge on any atom is 0.270 e. The highest BCUT2D eigenvalue weighted by Gasteiger charge is 2.20. The van der Waals surface area contributed by atoms with Gasteiger partial charge in [0, 0.05) is 44.8 Å². The second-order valence-electron chi connectivity index (χ2n) is 8.15. The largest absolute Gasteiger partial charge is 0.354 e. The average Bonchev–Trinajstić information content (AvgIpc) is 3.36. The minimum absolute atomic E-state index is 0.0256. The topological polar surface area (TPSA) is 105 Å². The first-order valence-electron chi connectivity index (χ1n) is 11.1. The number of piperazine rings is 1. The van der Waals surface area contributed by atoms with Crippen molar-refractivity contribution in [2.24, 2.45) is 0 Å². The Bertz CT molecular complexity index is 1640. The van der Waals surface area contributed by atoms with Gasteiger partial charge in [0.15, 0.2) is 5.65 Å². The third-order valence-corrected chi connectivity index (χ3v) is 6.48. The van der Waals surface area contributed by atoms with Crippen LogP contribution in [-0.2, 0) is 0 Å². The molecule has 4 aromatic heterocycles. The summed E-state index contributed by atoms with van der Waals surface area (Å²) in [5.74, 6) is 0.788.